The topological polar surface area (TPSA) is 63.3 Å². The first-order chi connectivity index (χ1) is 7.68. The Morgan fingerprint density at radius 2 is 1.69 bits per heavy atom. The highest BCUT2D eigenvalue weighted by Crippen LogP contribution is 2.24. The number of phenolic OH excluding ortho intramolecular Hbond substituents is 1. The van der Waals surface area contributed by atoms with Crippen LogP contribution in [0.15, 0.2) is 48.5 Å². The molecule has 0 saturated heterocycles. The van der Waals surface area contributed by atoms with Gasteiger partial charge in [0.1, 0.15) is 13.6 Å². The highest BCUT2D eigenvalue weighted by molar-refractivity contribution is 7.61. The van der Waals surface area contributed by atoms with E-state index in [1.54, 1.807) is 12.1 Å². The van der Waals surface area contributed by atoms with Crippen LogP contribution in [-0.2, 0) is 4.57 Å². The molecule has 16 heavy (non-hydrogen) atoms. The van der Waals surface area contributed by atoms with Crippen molar-refractivity contribution in [1.29, 1.82) is 0 Å². The van der Waals surface area contributed by atoms with Crippen LogP contribution in [0.5, 0.6) is 5.75 Å². The lowest BCUT2D eigenvalue weighted by atomic mass is 10.3. The SMILES string of the molecule is Nc1cc([PH](=O)c2ccccc2)ccc1O. The van der Waals surface area contributed by atoms with Gasteiger partial charge in [0.15, 0.2) is 0 Å². The Balaban J connectivity index is 2.39. The number of hydrogen-bond acceptors (Lipinski definition) is 3. The molecule has 0 aliphatic heterocycles. The summed E-state index contributed by atoms with van der Waals surface area (Å²) in [5.41, 5.74) is 5.82. The van der Waals surface area contributed by atoms with Crippen LogP contribution < -0.4 is 16.3 Å². The van der Waals surface area contributed by atoms with Crippen molar-refractivity contribution in [3.63, 3.8) is 0 Å². The second kappa shape index (κ2) is 4.42. The monoisotopic (exact) mass is 233 g/mol. The zero-order valence-corrected chi connectivity index (χ0v) is 9.55. The van der Waals surface area contributed by atoms with E-state index < -0.39 is 7.80 Å². The van der Waals surface area contributed by atoms with Crippen molar-refractivity contribution >= 4 is 24.1 Å². The zero-order chi connectivity index (χ0) is 11.5. The maximum atomic E-state index is 12.2. The summed E-state index contributed by atoms with van der Waals surface area (Å²) in [6, 6.07) is 13.9. The zero-order valence-electron chi connectivity index (χ0n) is 8.55. The molecule has 0 bridgehead atoms. The highest BCUT2D eigenvalue weighted by atomic mass is 31.1. The van der Waals surface area contributed by atoms with Gasteiger partial charge < -0.3 is 15.4 Å². The molecule has 1 atom stereocenters. The third-order valence-electron chi connectivity index (χ3n) is 2.33. The van der Waals surface area contributed by atoms with Crippen molar-refractivity contribution in [2.75, 3.05) is 5.73 Å². The highest BCUT2D eigenvalue weighted by Gasteiger charge is 2.07. The molecule has 0 heterocycles. The van der Waals surface area contributed by atoms with Crippen LogP contribution in [-0.4, -0.2) is 5.11 Å². The Hall–Kier alpha value is -1.73. The van der Waals surface area contributed by atoms with Gasteiger partial charge in [-0.3, -0.25) is 0 Å². The minimum Gasteiger partial charge on any atom is -0.506 e. The number of hydrogen-bond donors (Lipinski definition) is 2. The van der Waals surface area contributed by atoms with E-state index in [0.717, 1.165) is 5.30 Å². The van der Waals surface area contributed by atoms with Crippen LogP contribution in [0.3, 0.4) is 0 Å². The average molecular weight is 233 g/mol. The molecular weight excluding hydrogens is 221 g/mol. The second-order valence-corrected chi connectivity index (χ2v) is 5.28. The number of rotatable bonds is 2. The Labute approximate surface area is 94.3 Å². The predicted octanol–water partition coefficient (Wildman–Crippen LogP) is 1.48. The molecule has 0 radical (unpaired) electrons. The summed E-state index contributed by atoms with van der Waals surface area (Å²) in [6.45, 7) is 0. The maximum Gasteiger partial charge on any atom is 0.138 e. The third kappa shape index (κ3) is 2.10. The maximum absolute atomic E-state index is 12.2. The van der Waals surface area contributed by atoms with Gasteiger partial charge in [0.25, 0.3) is 0 Å². The average Bonchev–Trinajstić information content (AvgIpc) is 2.33. The van der Waals surface area contributed by atoms with Gasteiger partial charge in [-0.15, -0.1) is 0 Å². The van der Waals surface area contributed by atoms with Gasteiger partial charge >= 0.3 is 0 Å². The predicted molar refractivity (Wildman–Crippen MR) is 67.2 cm³/mol. The van der Waals surface area contributed by atoms with Gasteiger partial charge in [0.2, 0.25) is 0 Å². The van der Waals surface area contributed by atoms with E-state index in [1.165, 1.54) is 6.07 Å². The minimum absolute atomic E-state index is 0.0200. The quantitative estimate of drug-likeness (QED) is 0.469. The lowest BCUT2D eigenvalue weighted by Gasteiger charge is -2.04. The molecule has 0 fully saturated rings. The van der Waals surface area contributed by atoms with E-state index >= 15 is 0 Å². The number of nitrogens with two attached hydrogens (primary N) is 1. The van der Waals surface area contributed by atoms with Gasteiger partial charge in [-0.1, -0.05) is 30.3 Å². The smallest absolute Gasteiger partial charge is 0.138 e. The van der Waals surface area contributed by atoms with Gasteiger partial charge in [-0.2, -0.15) is 0 Å². The van der Waals surface area contributed by atoms with Crippen molar-refractivity contribution in [2.24, 2.45) is 0 Å². The molecule has 2 aromatic carbocycles. The van der Waals surface area contributed by atoms with Crippen LogP contribution in [0.4, 0.5) is 5.69 Å². The second-order valence-electron chi connectivity index (χ2n) is 3.47. The summed E-state index contributed by atoms with van der Waals surface area (Å²) in [5.74, 6) is 0.0200. The summed E-state index contributed by atoms with van der Waals surface area (Å²) < 4.78 is 12.2. The van der Waals surface area contributed by atoms with Gasteiger partial charge in [0, 0.05) is 10.6 Å². The standard InChI is InChI=1S/C12H12NO2P/c13-11-8-10(6-7-12(11)14)16(15)9-4-2-1-3-5-9/h1-8,14,16H,13H2. The molecule has 4 heteroatoms. The van der Waals surface area contributed by atoms with Crippen molar-refractivity contribution in [3.8, 4) is 5.75 Å². The van der Waals surface area contributed by atoms with Gasteiger partial charge in [-0.25, -0.2) is 0 Å². The first-order valence-electron chi connectivity index (χ1n) is 4.87. The molecule has 0 saturated carbocycles. The Morgan fingerprint density at radius 3 is 2.31 bits per heavy atom. The Bertz CT molecular complexity index is 526. The van der Waals surface area contributed by atoms with Crippen molar-refractivity contribution in [1.82, 2.24) is 0 Å². The summed E-state index contributed by atoms with van der Waals surface area (Å²) in [6.07, 6.45) is 0. The fourth-order valence-electron chi connectivity index (χ4n) is 1.45. The molecule has 3 nitrogen and oxygen atoms in total. The van der Waals surface area contributed by atoms with Crippen LogP contribution in [0.25, 0.3) is 0 Å². The fourth-order valence-corrected chi connectivity index (χ4v) is 2.80. The Morgan fingerprint density at radius 1 is 1.00 bits per heavy atom. The molecular formula is C12H12NO2P. The molecule has 0 spiro atoms. The lowest BCUT2D eigenvalue weighted by molar-refractivity contribution is 0.478. The number of anilines is 1. The van der Waals surface area contributed by atoms with Crippen LogP contribution >= 0.6 is 7.80 Å². The van der Waals surface area contributed by atoms with Crippen LogP contribution in [0, 0.1) is 0 Å². The largest absolute Gasteiger partial charge is 0.506 e. The number of nitrogen functional groups attached to an aromatic ring is 1. The van der Waals surface area contributed by atoms with E-state index in [1.807, 2.05) is 30.3 Å². The van der Waals surface area contributed by atoms with E-state index in [4.69, 9.17) is 5.73 Å². The van der Waals surface area contributed by atoms with Crippen molar-refractivity contribution in [3.05, 3.63) is 48.5 Å². The van der Waals surface area contributed by atoms with E-state index in [0.29, 0.717) is 5.30 Å². The van der Waals surface area contributed by atoms with Crippen molar-refractivity contribution < 1.29 is 9.67 Å². The number of phenols is 1. The molecule has 2 aromatic rings. The van der Waals surface area contributed by atoms with Crippen LogP contribution in [0.1, 0.15) is 0 Å². The number of aromatic hydroxyl groups is 1. The first-order valence-corrected chi connectivity index (χ1v) is 6.27. The molecule has 0 aromatic heterocycles. The lowest BCUT2D eigenvalue weighted by Crippen LogP contribution is -2.06. The molecule has 82 valence electrons. The van der Waals surface area contributed by atoms with E-state index in [9.17, 15) is 9.67 Å². The molecule has 1 unspecified atom stereocenters. The molecule has 0 amide bonds. The van der Waals surface area contributed by atoms with Gasteiger partial charge in [0.05, 0.1) is 5.69 Å². The molecule has 2 rings (SSSR count). The summed E-state index contributed by atoms with van der Waals surface area (Å²) in [7, 11) is -2.02. The molecule has 3 N–H and O–H groups in total. The summed E-state index contributed by atoms with van der Waals surface area (Å²) in [5, 5.41) is 10.7. The molecule has 0 aliphatic rings. The van der Waals surface area contributed by atoms with E-state index in [-0.39, 0.29) is 11.4 Å². The van der Waals surface area contributed by atoms with Crippen molar-refractivity contribution in [2.45, 2.75) is 0 Å². The van der Waals surface area contributed by atoms with Crippen LogP contribution in [0.2, 0.25) is 0 Å². The Kier molecular flexibility index (Phi) is 2.97. The third-order valence-corrected chi connectivity index (χ3v) is 4.02. The van der Waals surface area contributed by atoms with Gasteiger partial charge in [-0.05, 0) is 18.2 Å². The first kappa shape index (κ1) is 10.8. The fraction of sp³-hybridized carbons (Fsp3) is 0. The minimum atomic E-state index is -2.02. The van der Waals surface area contributed by atoms with E-state index in [2.05, 4.69) is 0 Å². The normalized spacial score (nSPS) is 12.2. The number of benzene rings is 2. The summed E-state index contributed by atoms with van der Waals surface area (Å²) in [4.78, 5) is 0. The summed E-state index contributed by atoms with van der Waals surface area (Å²) >= 11 is 0. The molecule has 0 aliphatic carbocycles.